The second kappa shape index (κ2) is 5.78. The van der Waals surface area contributed by atoms with E-state index in [2.05, 4.69) is 14.7 Å². The molecule has 7 nitrogen and oxygen atoms in total. The minimum Gasteiger partial charge on any atom is -0.481 e. The van der Waals surface area contributed by atoms with Gasteiger partial charge in [-0.1, -0.05) is 0 Å². The second-order valence-electron chi connectivity index (χ2n) is 3.63. The van der Waals surface area contributed by atoms with Gasteiger partial charge in [-0.3, -0.25) is 4.79 Å². The van der Waals surface area contributed by atoms with Crippen LogP contribution in [0.15, 0.2) is 12.4 Å². The molecule has 1 atom stereocenters. The number of rotatable bonds is 7. The minimum atomic E-state index is -3.48. The maximum absolute atomic E-state index is 11.6. The molecule has 0 amide bonds. The number of imidazole rings is 1. The zero-order valence-corrected chi connectivity index (χ0v) is 10.2. The molecule has 1 aromatic rings. The molecule has 1 heterocycles. The molecule has 3 N–H and O–H groups in total. The number of nitrogens with zero attached hydrogens (tertiary/aromatic N) is 1. The fraction of sp³-hybridized carbons (Fsp3) is 0.556. The largest absolute Gasteiger partial charge is 0.481 e. The van der Waals surface area contributed by atoms with E-state index in [9.17, 15) is 13.2 Å². The lowest BCUT2D eigenvalue weighted by Crippen LogP contribution is -2.30. The Morgan fingerprint density at radius 1 is 1.65 bits per heavy atom. The van der Waals surface area contributed by atoms with Crippen molar-refractivity contribution in [2.45, 2.75) is 25.8 Å². The van der Waals surface area contributed by atoms with Crippen LogP contribution >= 0.6 is 0 Å². The smallest absolute Gasteiger partial charge is 0.303 e. The lowest BCUT2D eigenvalue weighted by Gasteiger charge is -2.11. The molecule has 0 aromatic carbocycles. The maximum atomic E-state index is 11.6. The van der Waals surface area contributed by atoms with Crippen molar-refractivity contribution in [1.29, 1.82) is 0 Å². The van der Waals surface area contributed by atoms with Crippen LogP contribution in [0.5, 0.6) is 0 Å². The van der Waals surface area contributed by atoms with Crippen LogP contribution < -0.4 is 4.72 Å². The van der Waals surface area contributed by atoms with E-state index in [-0.39, 0.29) is 18.6 Å². The van der Waals surface area contributed by atoms with E-state index in [1.807, 2.05) is 0 Å². The average molecular weight is 261 g/mol. The predicted molar refractivity (Wildman–Crippen MR) is 60.8 cm³/mol. The Kier molecular flexibility index (Phi) is 4.64. The highest BCUT2D eigenvalue weighted by Gasteiger charge is 2.17. The van der Waals surface area contributed by atoms with E-state index in [0.29, 0.717) is 5.82 Å². The maximum Gasteiger partial charge on any atom is 0.303 e. The number of carboxylic acid groups (broad SMARTS) is 1. The summed E-state index contributed by atoms with van der Waals surface area (Å²) in [6, 6.07) is -0.458. The van der Waals surface area contributed by atoms with Crippen molar-refractivity contribution in [3.8, 4) is 0 Å². The Labute approximate surface area is 99.3 Å². The van der Waals surface area contributed by atoms with Crippen LogP contribution in [-0.2, 0) is 14.8 Å². The van der Waals surface area contributed by atoms with E-state index in [4.69, 9.17) is 5.11 Å². The van der Waals surface area contributed by atoms with Gasteiger partial charge in [0.2, 0.25) is 10.0 Å². The molecule has 0 bridgehead atoms. The summed E-state index contributed by atoms with van der Waals surface area (Å²) in [7, 11) is -3.48. The summed E-state index contributed by atoms with van der Waals surface area (Å²) in [4.78, 5) is 17.0. The van der Waals surface area contributed by atoms with Gasteiger partial charge in [-0.2, -0.15) is 0 Å². The summed E-state index contributed by atoms with van der Waals surface area (Å²) < 4.78 is 25.6. The summed E-state index contributed by atoms with van der Waals surface area (Å²) >= 11 is 0. The van der Waals surface area contributed by atoms with Gasteiger partial charge in [0, 0.05) is 18.8 Å². The van der Waals surface area contributed by atoms with E-state index in [1.54, 1.807) is 13.1 Å². The number of carbonyl (C=O) groups is 1. The fourth-order valence-corrected chi connectivity index (χ4v) is 2.60. The van der Waals surface area contributed by atoms with Crippen LogP contribution in [0.2, 0.25) is 0 Å². The van der Waals surface area contributed by atoms with Gasteiger partial charge in [0.1, 0.15) is 5.82 Å². The van der Waals surface area contributed by atoms with Gasteiger partial charge in [-0.25, -0.2) is 18.1 Å². The first-order chi connectivity index (χ1) is 7.91. The van der Waals surface area contributed by atoms with Gasteiger partial charge in [0.05, 0.1) is 11.8 Å². The number of aromatic nitrogens is 2. The number of H-pyrrole nitrogens is 1. The molecule has 0 aliphatic carbocycles. The molecule has 0 spiro atoms. The molecule has 1 unspecified atom stereocenters. The highest BCUT2D eigenvalue weighted by atomic mass is 32.2. The molecule has 1 rings (SSSR count). The highest BCUT2D eigenvalue weighted by molar-refractivity contribution is 7.89. The number of hydrogen-bond acceptors (Lipinski definition) is 4. The number of nitrogens with one attached hydrogen (secondary N) is 2. The summed E-state index contributed by atoms with van der Waals surface area (Å²) in [5.74, 6) is -0.684. The zero-order valence-electron chi connectivity index (χ0n) is 9.38. The van der Waals surface area contributed by atoms with Gasteiger partial charge < -0.3 is 10.1 Å². The van der Waals surface area contributed by atoms with Crippen LogP contribution in [0.4, 0.5) is 0 Å². The third-order valence-corrected chi connectivity index (χ3v) is 3.63. The number of carboxylic acids is 1. The molecule has 17 heavy (non-hydrogen) atoms. The quantitative estimate of drug-likeness (QED) is 0.651. The Bertz CT molecular complexity index is 455. The van der Waals surface area contributed by atoms with Gasteiger partial charge in [0.25, 0.3) is 0 Å². The van der Waals surface area contributed by atoms with Crippen molar-refractivity contribution in [2.75, 3.05) is 5.75 Å². The topological polar surface area (TPSA) is 112 Å². The normalized spacial score (nSPS) is 13.5. The van der Waals surface area contributed by atoms with Crippen molar-refractivity contribution >= 4 is 16.0 Å². The summed E-state index contributed by atoms with van der Waals surface area (Å²) in [6.45, 7) is 1.66. The molecular formula is C9H15N3O4S. The van der Waals surface area contributed by atoms with Crippen molar-refractivity contribution in [3.05, 3.63) is 18.2 Å². The van der Waals surface area contributed by atoms with Crippen molar-refractivity contribution < 1.29 is 18.3 Å². The van der Waals surface area contributed by atoms with Gasteiger partial charge >= 0.3 is 5.97 Å². The Morgan fingerprint density at radius 2 is 2.35 bits per heavy atom. The van der Waals surface area contributed by atoms with Gasteiger partial charge in [-0.15, -0.1) is 0 Å². The molecule has 0 aliphatic heterocycles. The summed E-state index contributed by atoms with van der Waals surface area (Å²) in [6.07, 6.45) is 3.07. The minimum absolute atomic E-state index is 0.0928. The molecule has 0 saturated heterocycles. The molecular weight excluding hydrogens is 246 g/mol. The predicted octanol–water partition coefficient (Wildman–Crippen LogP) is 0.255. The summed E-state index contributed by atoms with van der Waals surface area (Å²) in [5, 5.41) is 8.41. The van der Waals surface area contributed by atoms with Crippen LogP contribution in [0.1, 0.15) is 31.6 Å². The average Bonchev–Trinajstić information content (AvgIpc) is 2.68. The Morgan fingerprint density at radius 3 is 2.88 bits per heavy atom. The fourth-order valence-electron chi connectivity index (χ4n) is 1.31. The Balaban J connectivity index is 2.46. The van der Waals surface area contributed by atoms with Gasteiger partial charge in [0.15, 0.2) is 0 Å². The monoisotopic (exact) mass is 261 g/mol. The molecule has 96 valence electrons. The first-order valence-corrected chi connectivity index (χ1v) is 6.77. The zero-order chi connectivity index (χ0) is 12.9. The molecule has 8 heteroatoms. The second-order valence-corrected chi connectivity index (χ2v) is 5.50. The Hall–Kier alpha value is -1.41. The molecule has 0 radical (unpaired) electrons. The van der Waals surface area contributed by atoms with Crippen LogP contribution in [-0.4, -0.2) is 35.2 Å². The lowest BCUT2D eigenvalue weighted by molar-refractivity contribution is -0.137. The number of aliphatic carboxylic acids is 1. The van der Waals surface area contributed by atoms with E-state index in [0.717, 1.165) is 0 Å². The molecule has 0 fully saturated rings. The molecule has 0 aliphatic rings. The highest BCUT2D eigenvalue weighted by Crippen LogP contribution is 2.08. The van der Waals surface area contributed by atoms with Gasteiger partial charge in [-0.05, 0) is 13.3 Å². The van der Waals surface area contributed by atoms with E-state index in [1.165, 1.54) is 6.20 Å². The first kappa shape index (κ1) is 13.7. The van der Waals surface area contributed by atoms with E-state index < -0.39 is 22.0 Å². The van der Waals surface area contributed by atoms with Crippen LogP contribution in [0, 0.1) is 0 Å². The van der Waals surface area contributed by atoms with Crippen LogP contribution in [0.3, 0.4) is 0 Å². The molecule has 1 aromatic heterocycles. The number of aromatic amines is 1. The standard InChI is InChI=1S/C9H15N3O4S/c1-7(9-10-4-5-11-9)12-17(15,16)6-2-3-8(13)14/h4-5,7,12H,2-3,6H2,1H3,(H,10,11)(H,13,14). The first-order valence-electron chi connectivity index (χ1n) is 5.12. The molecule has 0 saturated carbocycles. The van der Waals surface area contributed by atoms with Crippen molar-refractivity contribution in [2.24, 2.45) is 0 Å². The van der Waals surface area contributed by atoms with Crippen LogP contribution in [0.25, 0.3) is 0 Å². The van der Waals surface area contributed by atoms with Crippen molar-refractivity contribution in [1.82, 2.24) is 14.7 Å². The number of sulfonamides is 1. The lowest BCUT2D eigenvalue weighted by atomic mass is 10.3. The number of hydrogen-bond donors (Lipinski definition) is 3. The van der Waals surface area contributed by atoms with Crippen molar-refractivity contribution in [3.63, 3.8) is 0 Å². The SMILES string of the molecule is CC(NS(=O)(=O)CCCC(=O)O)c1ncc[nH]1. The third-order valence-electron chi connectivity index (χ3n) is 2.09. The summed E-state index contributed by atoms with van der Waals surface area (Å²) in [5.41, 5.74) is 0. The van der Waals surface area contributed by atoms with E-state index >= 15 is 0 Å². The third kappa shape index (κ3) is 4.96.